The van der Waals surface area contributed by atoms with Crippen molar-refractivity contribution in [2.24, 2.45) is 7.05 Å². The molecule has 1 aromatic heterocycles. The number of ether oxygens (including phenoxy) is 1. The van der Waals surface area contributed by atoms with Crippen LogP contribution in [0.4, 0.5) is 5.69 Å². The van der Waals surface area contributed by atoms with Crippen LogP contribution in [0, 0.1) is 0 Å². The molecule has 2 N–H and O–H groups in total. The molecule has 0 radical (unpaired) electrons. The molecule has 0 saturated carbocycles. The number of nitrogens with two attached hydrogens (primary N) is 1. The Balaban J connectivity index is 2.23. The van der Waals surface area contributed by atoms with E-state index < -0.39 is 0 Å². The maximum absolute atomic E-state index is 5.74. The largest absolute Gasteiger partial charge is 0.488 e. The van der Waals surface area contributed by atoms with Gasteiger partial charge in [0.2, 0.25) is 0 Å². The van der Waals surface area contributed by atoms with Gasteiger partial charge in [0.25, 0.3) is 0 Å². The molecule has 0 atom stereocenters. The number of pyridine rings is 1. The summed E-state index contributed by atoms with van der Waals surface area (Å²) in [6.45, 7) is 0.612. The quantitative estimate of drug-likeness (QED) is 0.534. The predicted molar refractivity (Wildman–Crippen MR) is 61.8 cm³/mol. The number of anilines is 1. The second-order valence-corrected chi connectivity index (χ2v) is 4.09. The monoisotopic (exact) mass is 213 g/mol. The molecule has 1 aliphatic heterocycles. The minimum absolute atomic E-state index is 0.612. The highest BCUT2D eigenvalue weighted by Crippen LogP contribution is 2.37. The molecule has 2 aromatic rings. The Bertz CT molecular complexity index is 512. The molecule has 0 fully saturated rings. The Morgan fingerprint density at radius 2 is 2.12 bits per heavy atom. The molecule has 0 saturated heterocycles. The molecule has 16 heavy (non-hydrogen) atoms. The fourth-order valence-corrected chi connectivity index (χ4v) is 2.07. The third-order valence-corrected chi connectivity index (χ3v) is 2.86. The van der Waals surface area contributed by atoms with E-state index in [0.29, 0.717) is 6.61 Å². The van der Waals surface area contributed by atoms with Gasteiger partial charge >= 0.3 is 0 Å². The molecule has 0 amide bonds. The molecule has 3 heteroatoms. The van der Waals surface area contributed by atoms with E-state index in [2.05, 4.69) is 12.3 Å². The van der Waals surface area contributed by atoms with Gasteiger partial charge in [0.05, 0.1) is 5.56 Å². The average molecular weight is 213 g/mol. The van der Waals surface area contributed by atoms with Crippen molar-refractivity contribution in [3.63, 3.8) is 0 Å². The van der Waals surface area contributed by atoms with E-state index >= 15 is 0 Å². The van der Waals surface area contributed by atoms with Gasteiger partial charge in [-0.1, -0.05) is 0 Å². The smallest absolute Gasteiger partial charge is 0.175 e. The first-order valence-electron chi connectivity index (χ1n) is 5.25. The fourth-order valence-electron chi connectivity index (χ4n) is 2.07. The van der Waals surface area contributed by atoms with Crippen molar-refractivity contribution in [3.8, 4) is 16.9 Å². The third-order valence-electron chi connectivity index (χ3n) is 2.86. The highest BCUT2D eigenvalue weighted by molar-refractivity contribution is 5.76. The third kappa shape index (κ3) is 1.33. The second kappa shape index (κ2) is 3.23. The summed E-state index contributed by atoms with van der Waals surface area (Å²) in [6.07, 6.45) is 4.14. The number of rotatable bonds is 0. The Morgan fingerprint density at radius 3 is 3.00 bits per heavy atom. The minimum Gasteiger partial charge on any atom is -0.488 e. The normalized spacial score (nSPS) is 12.6. The number of aromatic nitrogens is 1. The van der Waals surface area contributed by atoms with Crippen molar-refractivity contribution in [2.45, 2.75) is 6.61 Å². The number of nitrogen functional groups attached to an aromatic ring is 1. The summed E-state index contributed by atoms with van der Waals surface area (Å²) >= 11 is 0. The van der Waals surface area contributed by atoms with Gasteiger partial charge in [0.15, 0.2) is 12.4 Å². The van der Waals surface area contributed by atoms with E-state index in [4.69, 9.17) is 10.5 Å². The maximum atomic E-state index is 5.74. The van der Waals surface area contributed by atoms with Gasteiger partial charge < -0.3 is 10.5 Å². The van der Waals surface area contributed by atoms with Gasteiger partial charge in [-0.3, -0.25) is 0 Å². The van der Waals surface area contributed by atoms with Gasteiger partial charge in [-0.15, -0.1) is 0 Å². The van der Waals surface area contributed by atoms with Crippen LogP contribution in [0.3, 0.4) is 0 Å². The number of hydrogen-bond donors (Lipinski definition) is 1. The van der Waals surface area contributed by atoms with Gasteiger partial charge in [-0.05, 0) is 12.1 Å². The van der Waals surface area contributed by atoms with E-state index in [1.165, 1.54) is 11.1 Å². The molecule has 3 nitrogen and oxygen atoms in total. The number of fused-ring (bicyclic) bond motifs is 3. The van der Waals surface area contributed by atoms with E-state index in [1.54, 1.807) is 0 Å². The van der Waals surface area contributed by atoms with Crippen molar-refractivity contribution in [1.29, 1.82) is 0 Å². The minimum atomic E-state index is 0.612. The van der Waals surface area contributed by atoms with Crippen LogP contribution in [0.25, 0.3) is 11.1 Å². The Morgan fingerprint density at radius 1 is 1.25 bits per heavy atom. The van der Waals surface area contributed by atoms with Gasteiger partial charge in [-0.25, -0.2) is 4.57 Å². The summed E-state index contributed by atoms with van der Waals surface area (Å²) in [5.41, 5.74) is 10.0. The zero-order chi connectivity index (χ0) is 11.1. The number of nitrogens with zero attached hydrogens (tertiary/aromatic N) is 1. The summed E-state index contributed by atoms with van der Waals surface area (Å²) in [5, 5.41) is 0. The summed E-state index contributed by atoms with van der Waals surface area (Å²) in [6, 6.07) is 7.92. The molecular formula is C13H13N2O+. The lowest BCUT2D eigenvalue weighted by molar-refractivity contribution is -0.671. The van der Waals surface area contributed by atoms with Crippen LogP contribution in [0.2, 0.25) is 0 Å². The van der Waals surface area contributed by atoms with Crippen LogP contribution in [-0.4, -0.2) is 0 Å². The molecule has 2 heterocycles. The van der Waals surface area contributed by atoms with Gasteiger partial charge in [0, 0.05) is 28.9 Å². The predicted octanol–water partition coefficient (Wildman–Crippen LogP) is 1.65. The highest BCUT2D eigenvalue weighted by Gasteiger charge is 2.19. The summed E-state index contributed by atoms with van der Waals surface area (Å²) in [7, 11) is 2.01. The topological polar surface area (TPSA) is 39.1 Å². The van der Waals surface area contributed by atoms with Crippen molar-refractivity contribution in [1.82, 2.24) is 0 Å². The molecule has 0 unspecified atom stereocenters. The van der Waals surface area contributed by atoms with Crippen molar-refractivity contribution in [3.05, 3.63) is 42.2 Å². The molecule has 3 rings (SSSR count). The molecule has 80 valence electrons. The van der Waals surface area contributed by atoms with Crippen LogP contribution in [0.5, 0.6) is 5.75 Å². The molecule has 1 aliphatic rings. The van der Waals surface area contributed by atoms with Crippen LogP contribution in [-0.2, 0) is 13.7 Å². The average Bonchev–Trinajstić information content (AvgIpc) is 2.28. The lowest BCUT2D eigenvalue weighted by Crippen LogP contribution is -2.28. The molecule has 0 bridgehead atoms. The van der Waals surface area contributed by atoms with E-state index in [9.17, 15) is 0 Å². The van der Waals surface area contributed by atoms with Crippen LogP contribution in [0.15, 0.2) is 36.7 Å². The van der Waals surface area contributed by atoms with Gasteiger partial charge in [-0.2, -0.15) is 0 Å². The lowest BCUT2D eigenvalue weighted by atomic mass is 9.98. The fraction of sp³-hybridized carbons (Fsp3) is 0.154. The molecular weight excluding hydrogens is 200 g/mol. The Labute approximate surface area is 94.1 Å². The zero-order valence-corrected chi connectivity index (χ0v) is 9.10. The summed E-state index contributed by atoms with van der Waals surface area (Å²) in [5.74, 6) is 0.876. The van der Waals surface area contributed by atoms with Gasteiger partial charge in [0.1, 0.15) is 19.4 Å². The van der Waals surface area contributed by atoms with Crippen molar-refractivity contribution >= 4 is 5.69 Å². The maximum Gasteiger partial charge on any atom is 0.175 e. The van der Waals surface area contributed by atoms with E-state index in [1.807, 2.05) is 36.0 Å². The highest BCUT2D eigenvalue weighted by atomic mass is 16.5. The van der Waals surface area contributed by atoms with Crippen LogP contribution in [0.1, 0.15) is 5.56 Å². The number of benzene rings is 1. The second-order valence-electron chi connectivity index (χ2n) is 4.09. The standard InChI is InChI=1S/C13H12N2O/c1-15-5-4-11-9(7-15)8-16-13-6-10(14)2-3-12(11)13/h2-7,14H,8H2,1H3/p+1. The van der Waals surface area contributed by atoms with Crippen LogP contribution >= 0.6 is 0 Å². The molecule has 0 aliphatic carbocycles. The Hall–Kier alpha value is -2.03. The van der Waals surface area contributed by atoms with E-state index in [-0.39, 0.29) is 0 Å². The first-order valence-corrected chi connectivity index (χ1v) is 5.25. The molecule has 1 aromatic carbocycles. The van der Waals surface area contributed by atoms with Crippen LogP contribution < -0.4 is 15.0 Å². The number of aryl methyl sites for hydroxylation is 1. The Kier molecular flexibility index (Phi) is 1.86. The lowest BCUT2D eigenvalue weighted by Gasteiger charge is -2.19. The SMILES string of the molecule is C[n+]1ccc2c(c1)COc1cc(N)ccc1-2. The first kappa shape index (κ1) is 9.21. The summed E-state index contributed by atoms with van der Waals surface area (Å²) < 4.78 is 7.72. The van der Waals surface area contributed by atoms with Crippen molar-refractivity contribution < 1.29 is 9.30 Å². The molecule has 0 spiro atoms. The van der Waals surface area contributed by atoms with E-state index in [0.717, 1.165) is 17.0 Å². The number of hydrogen-bond acceptors (Lipinski definition) is 2. The first-order chi connectivity index (χ1) is 7.74. The van der Waals surface area contributed by atoms with Crippen molar-refractivity contribution in [2.75, 3.05) is 5.73 Å². The zero-order valence-electron chi connectivity index (χ0n) is 9.10. The summed E-state index contributed by atoms with van der Waals surface area (Å²) in [4.78, 5) is 0.